The van der Waals surface area contributed by atoms with E-state index >= 15 is 0 Å². The van der Waals surface area contributed by atoms with Crippen molar-refractivity contribution in [2.75, 3.05) is 12.3 Å². The summed E-state index contributed by atoms with van der Waals surface area (Å²) in [5, 5.41) is 2.99. The summed E-state index contributed by atoms with van der Waals surface area (Å²) >= 11 is 1.52. The van der Waals surface area contributed by atoms with Gasteiger partial charge in [0.1, 0.15) is 6.26 Å². The second kappa shape index (κ2) is 10.2. The number of benzene rings is 1. The molecule has 2 aromatic rings. The van der Waals surface area contributed by atoms with Gasteiger partial charge in [-0.25, -0.2) is 4.98 Å². The highest BCUT2D eigenvalue weighted by Gasteiger charge is 2.11. The Balaban J connectivity index is 1.74. The minimum absolute atomic E-state index is 0.0262. The van der Waals surface area contributed by atoms with Crippen LogP contribution in [0.15, 0.2) is 41.0 Å². The second-order valence-electron chi connectivity index (χ2n) is 5.65. The standard InChI is InChI=1S/C18H25N3O2S/c1-2-3-9-15(10-19)20-17(22)13-24-12-16-11-23-18(21-16)14-7-5-4-6-8-14/h4-8,11,15H,2-3,9-10,12-13,19H2,1H3,(H,20,22). The maximum atomic E-state index is 12.0. The van der Waals surface area contributed by atoms with Crippen LogP contribution in [-0.4, -0.2) is 29.2 Å². The number of hydrogen-bond acceptors (Lipinski definition) is 5. The molecular formula is C18H25N3O2S. The summed E-state index contributed by atoms with van der Waals surface area (Å²) in [5.41, 5.74) is 7.49. The number of hydrogen-bond donors (Lipinski definition) is 2. The highest BCUT2D eigenvalue weighted by atomic mass is 32.2. The van der Waals surface area contributed by atoms with Crippen LogP contribution < -0.4 is 11.1 Å². The topological polar surface area (TPSA) is 81.1 Å². The van der Waals surface area contributed by atoms with Gasteiger partial charge in [-0.15, -0.1) is 11.8 Å². The van der Waals surface area contributed by atoms with Crippen molar-refractivity contribution >= 4 is 17.7 Å². The van der Waals surface area contributed by atoms with E-state index in [1.54, 1.807) is 6.26 Å². The normalized spacial score (nSPS) is 12.1. The van der Waals surface area contributed by atoms with E-state index in [1.165, 1.54) is 11.8 Å². The number of aromatic nitrogens is 1. The van der Waals surface area contributed by atoms with Gasteiger partial charge in [0.25, 0.3) is 0 Å². The molecule has 24 heavy (non-hydrogen) atoms. The third-order valence-electron chi connectivity index (χ3n) is 3.61. The molecule has 0 aliphatic rings. The SMILES string of the molecule is CCCCC(CN)NC(=O)CSCc1coc(-c2ccccc2)n1. The largest absolute Gasteiger partial charge is 0.444 e. The lowest BCUT2D eigenvalue weighted by Crippen LogP contribution is -2.41. The Morgan fingerprint density at radius 2 is 2.17 bits per heavy atom. The summed E-state index contributed by atoms with van der Waals surface area (Å²) in [5.74, 6) is 1.68. The number of rotatable bonds is 10. The fraction of sp³-hybridized carbons (Fsp3) is 0.444. The molecule has 0 aliphatic carbocycles. The lowest BCUT2D eigenvalue weighted by atomic mass is 10.1. The van der Waals surface area contributed by atoms with Crippen molar-refractivity contribution in [1.29, 1.82) is 0 Å². The molecule has 2 rings (SSSR count). The summed E-state index contributed by atoms with van der Waals surface area (Å²) in [6.45, 7) is 2.62. The molecule has 130 valence electrons. The summed E-state index contributed by atoms with van der Waals surface area (Å²) < 4.78 is 5.49. The van der Waals surface area contributed by atoms with Crippen molar-refractivity contribution in [1.82, 2.24) is 10.3 Å². The van der Waals surface area contributed by atoms with Crippen LogP contribution in [0, 0.1) is 0 Å². The van der Waals surface area contributed by atoms with Crippen LogP contribution >= 0.6 is 11.8 Å². The first-order valence-corrected chi connectivity index (χ1v) is 9.45. The molecule has 0 spiro atoms. The smallest absolute Gasteiger partial charge is 0.230 e. The molecule has 0 fully saturated rings. The van der Waals surface area contributed by atoms with E-state index in [2.05, 4.69) is 17.2 Å². The van der Waals surface area contributed by atoms with Crippen molar-refractivity contribution in [2.45, 2.75) is 38.0 Å². The Morgan fingerprint density at radius 1 is 1.38 bits per heavy atom. The second-order valence-corrected chi connectivity index (χ2v) is 6.63. The predicted molar refractivity (Wildman–Crippen MR) is 98.6 cm³/mol. The van der Waals surface area contributed by atoms with E-state index in [0.717, 1.165) is 30.5 Å². The van der Waals surface area contributed by atoms with E-state index in [1.807, 2.05) is 30.3 Å². The molecule has 6 heteroatoms. The van der Waals surface area contributed by atoms with Gasteiger partial charge in [0.15, 0.2) is 0 Å². The first-order chi connectivity index (χ1) is 11.7. The number of nitrogens with two attached hydrogens (primary N) is 1. The van der Waals surface area contributed by atoms with Crippen molar-refractivity contribution in [2.24, 2.45) is 5.73 Å². The van der Waals surface area contributed by atoms with Crippen LogP contribution in [0.4, 0.5) is 0 Å². The zero-order valence-corrected chi connectivity index (χ0v) is 14.8. The van der Waals surface area contributed by atoms with Gasteiger partial charge in [0, 0.05) is 23.9 Å². The Labute approximate surface area is 147 Å². The molecule has 1 aromatic carbocycles. The van der Waals surface area contributed by atoms with Crippen molar-refractivity contribution in [3.63, 3.8) is 0 Å². The van der Waals surface area contributed by atoms with Gasteiger partial charge in [-0.3, -0.25) is 4.79 Å². The Morgan fingerprint density at radius 3 is 2.88 bits per heavy atom. The van der Waals surface area contributed by atoms with Crippen molar-refractivity contribution in [3.8, 4) is 11.5 Å². The highest BCUT2D eigenvalue weighted by molar-refractivity contribution is 7.99. The zero-order chi connectivity index (χ0) is 17.2. The molecule has 1 aromatic heterocycles. The van der Waals surface area contributed by atoms with Crippen LogP contribution in [0.3, 0.4) is 0 Å². The molecule has 0 aliphatic heterocycles. The van der Waals surface area contributed by atoms with Crippen LogP contribution in [-0.2, 0) is 10.5 Å². The molecule has 0 saturated carbocycles. The van der Waals surface area contributed by atoms with Crippen LogP contribution in [0.1, 0.15) is 31.9 Å². The monoisotopic (exact) mass is 347 g/mol. The van der Waals surface area contributed by atoms with E-state index in [0.29, 0.717) is 23.9 Å². The lowest BCUT2D eigenvalue weighted by molar-refractivity contribution is -0.119. The van der Waals surface area contributed by atoms with Gasteiger partial charge in [0.05, 0.1) is 11.4 Å². The summed E-state index contributed by atoms with van der Waals surface area (Å²) in [4.78, 5) is 16.4. The number of thioether (sulfide) groups is 1. The van der Waals surface area contributed by atoms with Crippen LogP contribution in [0.5, 0.6) is 0 Å². The molecule has 1 atom stereocenters. The maximum absolute atomic E-state index is 12.0. The quantitative estimate of drug-likeness (QED) is 0.690. The Hall–Kier alpha value is -1.79. The molecule has 0 saturated heterocycles. The number of carbonyl (C=O) groups is 1. The molecule has 3 N–H and O–H groups in total. The maximum Gasteiger partial charge on any atom is 0.230 e. The zero-order valence-electron chi connectivity index (χ0n) is 14.0. The minimum atomic E-state index is 0.0262. The third-order valence-corrected chi connectivity index (χ3v) is 4.58. The number of amides is 1. The molecular weight excluding hydrogens is 322 g/mol. The Kier molecular flexibility index (Phi) is 7.85. The van der Waals surface area contributed by atoms with Crippen molar-refractivity contribution < 1.29 is 9.21 Å². The van der Waals surface area contributed by atoms with E-state index in [9.17, 15) is 4.79 Å². The summed E-state index contributed by atoms with van der Waals surface area (Å²) in [7, 11) is 0. The van der Waals surface area contributed by atoms with Gasteiger partial charge < -0.3 is 15.5 Å². The van der Waals surface area contributed by atoms with Gasteiger partial charge >= 0.3 is 0 Å². The van der Waals surface area contributed by atoms with E-state index < -0.39 is 0 Å². The Bertz CT molecular complexity index is 616. The summed E-state index contributed by atoms with van der Waals surface area (Å²) in [6.07, 6.45) is 4.78. The number of nitrogens with one attached hydrogen (secondary N) is 1. The molecule has 5 nitrogen and oxygen atoms in total. The van der Waals surface area contributed by atoms with Gasteiger partial charge in [-0.2, -0.15) is 0 Å². The fourth-order valence-electron chi connectivity index (χ4n) is 2.30. The van der Waals surface area contributed by atoms with E-state index in [-0.39, 0.29) is 11.9 Å². The minimum Gasteiger partial charge on any atom is -0.444 e. The number of oxazole rings is 1. The first-order valence-electron chi connectivity index (χ1n) is 8.30. The average molecular weight is 347 g/mol. The van der Waals surface area contributed by atoms with Crippen LogP contribution in [0.25, 0.3) is 11.5 Å². The predicted octanol–water partition coefficient (Wildman–Crippen LogP) is 3.21. The highest BCUT2D eigenvalue weighted by Crippen LogP contribution is 2.20. The third kappa shape index (κ3) is 6.02. The molecule has 1 heterocycles. The van der Waals surface area contributed by atoms with Crippen LogP contribution in [0.2, 0.25) is 0 Å². The lowest BCUT2D eigenvalue weighted by Gasteiger charge is -2.16. The van der Waals surface area contributed by atoms with Gasteiger partial charge in [-0.1, -0.05) is 38.0 Å². The van der Waals surface area contributed by atoms with Gasteiger partial charge in [0.2, 0.25) is 11.8 Å². The number of nitrogens with zero attached hydrogens (tertiary/aromatic N) is 1. The molecule has 1 unspecified atom stereocenters. The molecule has 1 amide bonds. The molecule has 0 bridgehead atoms. The average Bonchev–Trinajstić information content (AvgIpc) is 3.08. The first kappa shape index (κ1) is 18.5. The van der Waals surface area contributed by atoms with Gasteiger partial charge in [-0.05, 0) is 18.6 Å². The number of carbonyl (C=O) groups excluding carboxylic acids is 1. The summed E-state index contributed by atoms with van der Waals surface area (Å²) in [6, 6.07) is 9.85. The number of unbranched alkanes of at least 4 members (excludes halogenated alkanes) is 1. The fourth-order valence-corrected chi connectivity index (χ4v) is 3.02. The van der Waals surface area contributed by atoms with Crippen molar-refractivity contribution in [3.05, 3.63) is 42.3 Å². The van der Waals surface area contributed by atoms with E-state index in [4.69, 9.17) is 10.2 Å². The molecule has 0 radical (unpaired) electrons.